The van der Waals surface area contributed by atoms with Gasteiger partial charge in [-0.2, -0.15) is 0 Å². The molecule has 1 atom stereocenters. The molecular weight excluding hydrogens is 181 g/mol. The second kappa shape index (κ2) is 3.38. The Morgan fingerprint density at radius 3 is 2.67 bits per heavy atom. The molecule has 0 amide bonds. The van der Waals surface area contributed by atoms with Crippen LogP contribution in [0.1, 0.15) is 29.8 Å². The van der Waals surface area contributed by atoms with Gasteiger partial charge >= 0.3 is 0 Å². The molecule has 1 unspecified atom stereocenters. The van der Waals surface area contributed by atoms with E-state index >= 15 is 0 Å². The minimum absolute atomic E-state index is 0.260. The van der Waals surface area contributed by atoms with E-state index in [1.165, 1.54) is 30.4 Å². The number of rotatable bonds is 0. The first-order valence-corrected chi connectivity index (χ1v) is 5.86. The minimum Gasteiger partial charge on any atom is -0.317 e. The van der Waals surface area contributed by atoms with Gasteiger partial charge < -0.3 is 5.32 Å². The average Bonchev–Trinajstić information content (AvgIpc) is 2.54. The van der Waals surface area contributed by atoms with Crippen LogP contribution in [-0.4, -0.2) is 20.9 Å². The van der Waals surface area contributed by atoms with Gasteiger partial charge in [0, 0.05) is 0 Å². The highest BCUT2D eigenvalue weighted by molar-refractivity contribution is 6.13. The highest BCUT2D eigenvalue weighted by Crippen LogP contribution is 2.50. The molecule has 1 heterocycles. The van der Waals surface area contributed by atoms with E-state index in [1.807, 2.05) is 0 Å². The summed E-state index contributed by atoms with van der Waals surface area (Å²) in [6, 6.07) is 8.69. The van der Waals surface area contributed by atoms with Crippen LogP contribution in [0.5, 0.6) is 0 Å². The topological polar surface area (TPSA) is 12.0 Å². The molecule has 1 fully saturated rings. The Labute approximate surface area is 92.7 Å². The predicted octanol–water partition coefficient (Wildman–Crippen LogP) is 1.82. The molecule has 1 nitrogen and oxygen atoms in total. The van der Waals surface area contributed by atoms with Crippen LogP contribution in [0.4, 0.5) is 0 Å². The van der Waals surface area contributed by atoms with E-state index in [4.69, 9.17) is 7.85 Å². The van der Waals surface area contributed by atoms with Crippen molar-refractivity contribution in [3.8, 4) is 0 Å². The van der Waals surface area contributed by atoms with Crippen molar-refractivity contribution < 1.29 is 0 Å². The summed E-state index contributed by atoms with van der Waals surface area (Å²) in [5.41, 5.74) is 3.22. The minimum atomic E-state index is 0.260. The van der Waals surface area contributed by atoms with Gasteiger partial charge in [-0.1, -0.05) is 24.3 Å². The second-order valence-corrected chi connectivity index (χ2v) is 4.97. The van der Waals surface area contributed by atoms with Gasteiger partial charge in [0.25, 0.3) is 0 Å². The summed E-state index contributed by atoms with van der Waals surface area (Å²) in [5.74, 6) is 0.260. The lowest BCUT2D eigenvalue weighted by Gasteiger charge is -2.38. The maximum absolute atomic E-state index is 6.43. The van der Waals surface area contributed by atoms with Crippen molar-refractivity contribution in [1.82, 2.24) is 5.32 Å². The lowest BCUT2D eigenvalue weighted by Crippen LogP contribution is -2.39. The van der Waals surface area contributed by atoms with E-state index in [-0.39, 0.29) is 5.82 Å². The molecule has 0 saturated carbocycles. The quantitative estimate of drug-likeness (QED) is 0.625. The zero-order valence-corrected chi connectivity index (χ0v) is 9.00. The van der Waals surface area contributed by atoms with Gasteiger partial charge in [0.15, 0.2) is 0 Å². The fourth-order valence-corrected chi connectivity index (χ4v) is 3.23. The van der Waals surface area contributed by atoms with E-state index in [0.29, 0.717) is 5.41 Å². The van der Waals surface area contributed by atoms with Gasteiger partial charge in [0.1, 0.15) is 0 Å². The summed E-state index contributed by atoms with van der Waals surface area (Å²) in [6.07, 6.45) is 3.64. The van der Waals surface area contributed by atoms with Crippen LogP contribution >= 0.6 is 0 Å². The van der Waals surface area contributed by atoms with Crippen molar-refractivity contribution in [3.63, 3.8) is 0 Å². The summed E-state index contributed by atoms with van der Waals surface area (Å²) >= 11 is 0. The van der Waals surface area contributed by atoms with Gasteiger partial charge in [-0.05, 0) is 54.7 Å². The molecule has 0 aromatic heterocycles. The lowest BCUT2D eigenvalue weighted by molar-refractivity contribution is 0.208. The molecule has 1 aromatic carbocycles. The Hall–Kier alpha value is -0.755. The number of fused-ring (bicyclic) bond motifs is 1. The van der Waals surface area contributed by atoms with Crippen molar-refractivity contribution in [1.29, 1.82) is 0 Å². The molecule has 1 aliphatic heterocycles. The maximum atomic E-state index is 6.43. The highest BCUT2D eigenvalue weighted by Gasteiger charge is 2.43. The van der Waals surface area contributed by atoms with Crippen LogP contribution in [0.3, 0.4) is 0 Å². The first kappa shape index (κ1) is 9.47. The molecule has 1 N–H and O–H groups in total. The van der Waals surface area contributed by atoms with Crippen molar-refractivity contribution in [3.05, 3.63) is 35.4 Å². The van der Waals surface area contributed by atoms with E-state index in [9.17, 15) is 0 Å². The van der Waals surface area contributed by atoms with Gasteiger partial charge in [-0.15, -0.1) is 0 Å². The molecule has 3 rings (SSSR count). The molecule has 15 heavy (non-hydrogen) atoms. The normalized spacial score (nSPS) is 27.9. The zero-order chi connectivity index (χ0) is 10.3. The lowest BCUT2D eigenvalue weighted by atomic mass is 9.61. The van der Waals surface area contributed by atoms with Crippen LogP contribution in [0.2, 0.25) is 0 Å². The van der Waals surface area contributed by atoms with Gasteiger partial charge in [-0.25, -0.2) is 0 Å². The van der Waals surface area contributed by atoms with E-state index in [2.05, 4.69) is 29.6 Å². The summed E-state index contributed by atoms with van der Waals surface area (Å²) in [6.45, 7) is 2.25. The molecule has 0 bridgehead atoms. The van der Waals surface area contributed by atoms with Gasteiger partial charge in [0.2, 0.25) is 0 Å². The Morgan fingerprint density at radius 1 is 1.20 bits per heavy atom. The molecule has 1 saturated heterocycles. The van der Waals surface area contributed by atoms with Crippen LogP contribution < -0.4 is 5.32 Å². The van der Waals surface area contributed by atoms with E-state index < -0.39 is 0 Å². The van der Waals surface area contributed by atoms with Crippen molar-refractivity contribution in [2.24, 2.45) is 5.41 Å². The van der Waals surface area contributed by atoms with Crippen LogP contribution in [0.25, 0.3) is 0 Å². The molecule has 1 aliphatic carbocycles. The van der Waals surface area contributed by atoms with Gasteiger partial charge in [-0.3, -0.25) is 0 Å². The molecule has 1 spiro atoms. The smallest absolute Gasteiger partial charge is 0.0771 e. The number of hydrogen-bond acceptors (Lipinski definition) is 1. The van der Waals surface area contributed by atoms with Gasteiger partial charge in [0.05, 0.1) is 7.85 Å². The third-order valence-corrected chi connectivity index (χ3v) is 4.19. The Balaban J connectivity index is 1.98. The Morgan fingerprint density at radius 2 is 1.93 bits per heavy atom. The third-order valence-electron chi connectivity index (χ3n) is 4.19. The fourth-order valence-electron chi connectivity index (χ4n) is 3.23. The van der Waals surface area contributed by atoms with Crippen LogP contribution in [0, 0.1) is 5.41 Å². The molecule has 1 aromatic rings. The molecule has 2 heteroatoms. The number of hydrogen-bond donors (Lipinski definition) is 1. The number of benzene rings is 1. The maximum Gasteiger partial charge on any atom is 0.0771 e. The predicted molar refractivity (Wildman–Crippen MR) is 63.2 cm³/mol. The monoisotopic (exact) mass is 197 g/mol. The van der Waals surface area contributed by atoms with Crippen molar-refractivity contribution in [2.75, 3.05) is 13.1 Å². The summed E-state index contributed by atoms with van der Waals surface area (Å²) in [4.78, 5) is 0. The Bertz CT molecular complexity index is 369. The van der Waals surface area contributed by atoms with Crippen molar-refractivity contribution in [2.45, 2.75) is 25.1 Å². The summed E-state index contributed by atoms with van der Waals surface area (Å²) in [7, 11) is 6.43. The SMILES string of the molecule is [B]C1c2ccccc2CC12CCNCC2. The first-order valence-electron chi connectivity index (χ1n) is 5.86. The van der Waals surface area contributed by atoms with Crippen LogP contribution in [-0.2, 0) is 6.42 Å². The average molecular weight is 197 g/mol. The second-order valence-electron chi connectivity index (χ2n) is 4.97. The number of piperidine rings is 1. The standard InChI is InChI=1S/C13H16BN/c14-12-11-4-2-1-3-10(11)9-13(12)5-7-15-8-6-13/h1-4,12,15H,5-9H2. The van der Waals surface area contributed by atoms with E-state index in [1.54, 1.807) is 0 Å². The highest BCUT2D eigenvalue weighted by atomic mass is 14.9. The summed E-state index contributed by atoms with van der Waals surface area (Å²) < 4.78 is 0. The zero-order valence-electron chi connectivity index (χ0n) is 9.00. The van der Waals surface area contributed by atoms with Crippen molar-refractivity contribution >= 4 is 7.85 Å². The first-order chi connectivity index (χ1) is 7.32. The molecule has 76 valence electrons. The van der Waals surface area contributed by atoms with Crippen LogP contribution in [0.15, 0.2) is 24.3 Å². The van der Waals surface area contributed by atoms with E-state index in [0.717, 1.165) is 13.1 Å². The largest absolute Gasteiger partial charge is 0.317 e. The Kier molecular flexibility index (Phi) is 2.13. The molecular formula is C13H16BN. The molecule has 2 radical (unpaired) electrons. The molecule has 2 aliphatic rings. The summed E-state index contributed by atoms with van der Waals surface area (Å²) in [5, 5.41) is 3.43. The fraction of sp³-hybridized carbons (Fsp3) is 0.538. The third kappa shape index (κ3) is 1.35. The number of nitrogens with one attached hydrogen (secondary N) is 1.